The Labute approximate surface area is 83.1 Å². The van der Waals surface area contributed by atoms with Crippen molar-refractivity contribution < 1.29 is 0 Å². The third-order valence-electron chi connectivity index (χ3n) is 2.35. The number of hydrogen-bond donors (Lipinski definition) is 1. The van der Waals surface area contributed by atoms with Crippen molar-refractivity contribution in [2.45, 2.75) is 18.2 Å². The van der Waals surface area contributed by atoms with Gasteiger partial charge >= 0.3 is 0 Å². The molecular formula is C10H14N2S. The van der Waals surface area contributed by atoms with Gasteiger partial charge in [-0.25, -0.2) is 0 Å². The Morgan fingerprint density at radius 3 is 2.92 bits per heavy atom. The zero-order valence-corrected chi connectivity index (χ0v) is 8.55. The van der Waals surface area contributed by atoms with Gasteiger partial charge in [-0.3, -0.25) is 4.98 Å². The van der Waals surface area contributed by atoms with Gasteiger partial charge in [0.1, 0.15) is 0 Å². The Morgan fingerprint density at radius 2 is 2.23 bits per heavy atom. The molecule has 0 spiro atoms. The van der Waals surface area contributed by atoms with Gasteiger partial charge in [0.05, 0.1) is 0 Å². The van der Waals surface area contributed by atoms with E-state index in [1.54, 1.807) is 0 Å². The van der Waals surface area contributed by atoms with Crippen molar-refractivity contribution in [3.8, 4) is 0 Å². The van der Waals surface area contributed by atoms with Crippen molar-refractivity contribution in [3.63, 3.8) is 0 Å². The molecule has 0 aromatic carbocycles. The van der Waals surface area contributed by atoms with E-state index in [0.29, 0.717) is 11.3 Å². The molecule has 0 bridgehead atoms. The van der Waals surface area contributed by atoms with E-state index in [9.17, 15) is 0 Å². The first kappa shape index (κ1) is 9.03. The predicted molar refractivity (Wildman–Crippen MR) is 56.9 cm³/mol. The molecule has 2 rings (SSSR count). The van der Waals surface area contributed by atoms with E-state index in [4.69, 9.17) is 0 Å². The Bertz CT molecular complexity index is 263. The van der Waals surface area contributed by atoms with Crippen molar-refractivity contribution in [1.29, 1.82) is 0 Å². The van der Waals surface area contributed by atoms with Crippen LogP contribution in [0.3, 0.4) is 0 Å². The maximum Gasteiger partial charge on any atom is 0.0449 e. The molecule has 0 radical (unpaired) electrons. The number of nitrogens with one attached hydrogen (secondary N) is 1. The summed E-state index contributed by atoms with van der Waals surface area (Å²) >= 11 is 2.03. The SMILES string of the molecule is CC1NCCSC1c1ccncc1. The molecule has 70 valence electrons. The maximum atomic E-state index is 4.04. The number of hydrogen-bond acceptors (Lipinski definition) is 3. The molecule has 0 aliphatic carbocycles. The molecule has 1 aliphatic heterocycles. The van der Waals surface area contributed by atoms with E-state index in [-0.39, 0.29) is 0 Å². The highest BCUT2D eigenvalue weighted by molar-refractivity contribution is 7.99. The van der Waals surface area contributed by atoms with Crippen LogP contribution < -0.4 is 5.32 Å². The van der Waals surface area contributed by atoms with Gasteiger partial charge in [-0.2, -0.15) is 11.8 Å². The lowest BCUT2D eigenvalue weighted by Crippen LogP contribution is -2.37. The summed E-state index contributed by atoms with van der Waals surface area (Å²) in [5.41, 5.74) is 1.39. The third-order valence-corrected chi connectivity index (χ3v) is 3.83. The van der Waals surface area contributed by atoms with Gasteiger partial charge in [0.15, 0.2) is 0 Å². The van der Waals surface area contributed by atoms with Gasteiger partial charge in [0, 0.05) is 36.0 Å². The summed E-state index contributed by atoms with van der Waals surface area (Å²) in [7, 11) is 0. The fraction of sp³-hybridized carbons (Fsp3) is 0.500. The van der Waals surface area contributed by atoms with Gasteiger partial charge < -0.3 is 5.32 Å². The summed E-state index contributed by atoms with van der Waals surface area (Å²) in [6.45, 7) is 3.38. The normalized spacial score (nSPS) is 28.7. The zero-order valence-electron chi connectivity index (χ0n) is 7.73. The molecule has 2 unspecified atom stereocenters. The molecule has 2 nitrogen and oxygen atoms in total. The van der Waals surface area contributed by atoms with E-state index in [1.165, 1.54) is 11.3 Å². The predicted octanol–water partition coefficient (Wildman–Crippen LogP) is 1.85. The minimum absolute atomic E-state index is 0.571. The molecule has 1 aromatic heterocycles. The smallest absolute Gasteiger partial charge is 0.0449 e. The van der Waals surface area contributed by atoms with Crippen molar-refractivity contribution >= 4 is 11.8 Å². The van der Waals surface area contributed by atoms with Crippen LogP contribution in [0.25, 0.3) is 0 Å². The van der Waals surface area contributed by atoms with E-state index >= 15 is 0 Å². The number of pyridine rings is 1. The second kappa shape index (κ2) is 4.11. The lowest BCUT2D eigenvalue weighted by Gasteiger charge is -2.29. The Morgan fingerprint density at radius 1 is 1.46 bits per heavy atom. The lowest BCUT2D eigenvalue weighted by atomic mass is 10.1. The molecule has 1 aromatic rings. The van der Waals surface area contributed by atoms with Crippen LogP contribution in [0.2, 0.25) is 0 Å². The van der Waals surface area contributed by atoms with E-state index < -0.39 is 0 Å². The van der Waals surface area contributed by atoms with Crippen LogP contribution in [0.1, 0.15) is 17.7 Å². The van der Waals surface area contributed by atoms with Gasteiger partial charge in [0.25, 0.3) is 0 Å². The topological polar surface area (TPSA) is 24.9 Å². The average molecular weight is 194 g/mol. The molecular weight excluding hydrogens is 180 g/mol. The fourth-order valence-electron chi connectivity index (χ4n) is 1.66. The first-order chi connectivity index (χ1) is 6.38. The van der Waals surface area contributed by atoms with E-state index in [2.05, 4.69) is 29.4 Å². The minimum Gasteiger partial charge on any atom is -0.312 e. The van der Waals surface area contributed by atoms with Crippen LogP contribution in [0.5, 0.6) is 0 Å². The lowest BCUT2D eigenvalue weighted by molar-refractivity contribution is 0.542. The van der Waals surface area contributed by atoms with Gasteiger partial charge in [-0.15, -0.1) is 0 Å². The summed E-state index contributed by atoms with van der Waals surface area (Å²) < 4.78 is 0. The number of aromatic nitrogens is 1. The van der Waals surface area contributed by atoms with Crippen LogP contribution in [0.15, 0.2) is 24.5 Å². The Kier molecular flexibility index (Phi) is 2.86. The minimum atomic E-state index is 0.571. The Balaban J connectivity index is 2.15. The van der Waals surface area contributed by atoms with E-state index in [1.807, 2.05) is 24.2 Å². The molecule has 13 heavy (non-hydrogen) atoms. The van der Waals surface area contributed by atoms with Gasteiger partial charge in [-0.1, -0.05) is 0 Å². The highest BCUT2D eigenvalue weighted by atomic mass is 32.2. The van der Waals surface area contributed by atoms with Crippen molar-refractivity contribution in [2.75, 3.05) is 12.3 Å². The summed E-state index contributed by atoms with van der Waals surface area (Å²) in [5.74, 6) is 1.21. The number of rotatable bonds is 1. The standard InChI is InChI=1S/C10H14N2S/c1-8-10(13-7-6-12-8)9-2-4-11-5-3-9/h2-5,8,10,12H,6-7H2,1H3. The summed E-state index contributed by atoms with van der Waals surface area (Å²) in [6, 6.07) is 4.80. The zero-order chi connectivity index (χ0) is 9.10. The summed E-state index contributed by atoms with van der Waals surface area (Å²) in [4.78, 5) is 4.04. The molecule has 2 atom stereocenters. The number of nitrogens with zero attached hydrogens (tertiary/aromatic N) is 1. The molecule has 2 heterocycles. The monoisotopic (exact) mass is 194 g/mol. The fourth-order valence-corrected chi connectivity index (χ4v) is 2.89. The molecule has 0 saturated carbocycles. The summed E-state index contributed by atoms with van der Waals surface area (Å²) in [5, 5.41) is 4.08. The molecule has 1 saturated heterocycles. The van der Waals surface area contributed by atoms with Crippen LogP contribution in [-0.4, -0.2) is 23.3 Å². The summed E-state index contributed by atoms with van der Waals surface area (Å²) in [6.07, 6.45) is 3.74. The van der Waals surface area contributed by atoms with Crippen molar-refractivity contribution in [3.05, 3.63) is 30.1 Å². The van der Waals surface area contributed by atoms with Crippen LogP contribution in [0.4, 0.5) is 0 Å². The first-order valence-corrected chi connectivity index (χ1v) is 5.68. The first-order valence-electron chi connectivity index (χ1n) is 4.63. The molecule has 0 amide bonds. The number of thioether (sulfide) groups is 1. The highest BCUT2D eigenvalue weighted by Crippen LogP contribution is 2.33. The van der Waals surface area contributed by atoms with Gasteiger partial charge in [0.2, 0.25) is 0 Å². The molecule has 1 aliphatic rings. The average Bonchev–Trinajstić information content (AvgIpc) is 2.20. The Hall–Kier alpha value is -0.540. The van der Waals surface area contributed by atoms with E-state index in [0.717, 1.165) is 6.54 Å². The molecule has 3 heteroatoms. The second-order valence-corrected chi connectivity index (χ2v) is 4.56. The van der Waals surface area contributed by atoms with Crippen LogP contribution in [0, 0.1) is 0 Å². The van der Waals surface area contributed by atoms with Crippen molar-refractivity contribution in [2.24, 2.45) is 0 Å². The molecule has 1 fully saturated rings. The quantitative estimate of drug-likeness (QED) is 0.738. The van der Waals surface area contributed by atoms with Crippen LogP contribution >= 0.6 is 11.8 Å². The third kappa shape index (κ3) is 2.03. The second-order valence-electron chi connectivity index (χ2n) is 3.31. The van der Waals surface area contributed by atoms with Crippen LogP contribution in [-0.2, 0) is 0 Å². The molecule has 1 N–H and O–H groups in total. The highest BCUT2D eigenvalue weighted by Gasteiger charge is 2.22. The maximum absolute atomic E-state index is 4.04. The van der Waals surface area contributed by atoms with Gasteiger partial charge in [-0.05, 0) is 24.6 Å². The largest absolute Gasteiger partial charge is 0.312 e. The van der Waals surface area contributed by atoms with Crippen molar-refractivity contribution in [1.82, 2.24) is 10.3 Å².